The summed E-state index contributed by atoms with van der Waals surface area (Å²) < 4.78 is 17.7. The van der Waals surface area contributed by atoms with E-state index < -0.39 is 11.9 Å². The third-order valence-electron chi connectivity index (χ3n) is 7.97. The van der Waals surface area contributed by atoms with Crippen molar-refractivity contribution in [3.05, 3.63) is 53.7 Å². The molecule has 4 aromatic rings. The summed E-state index contributed by atoms with van der Waals surface area (Å²) in [6, 6.07) is 8.52. The van der Waals surface area contributed by atoms with Crippen LogP contribution in [0, 0.1) is 0 Å². The van der Waals surface area contributed by atoms with Crippen LogP contribution in [0.5, 0.6) is 11.5 Å². The highest BCUT2D eigenvalue weighted by Gasteiger charge is 2.30. The fourth-order valence-electron chi connectivity index (χ4n) is 5.53. The molecule has 0 radical (unpaired) electrons. The highest BCUT2D eigenvalue weighted by molar-refractivity contribution is 6.04. The summed E-state index contributed by atoms with van der Waals surface area (Å²) in [6.45, 7) is 5.68. The molecule has 1 unspecified atom stereocenters. The fraction of sp³-hybridized carbons (Fsp3) is 0.394. The minimum absolute atomic E-state index is 0.0356. The smallest absolute Gasteiger partial charge is 0.374 e. The molecule has 48 heavy (non-hydrogen) atoms. The Labute approximate surface area is 277 Å². The molecular formula is C33H40N8O7. The molecule has 1 aliphatic heterocycles. The van der Waals surface area contributed by atoms with Gasteiger partial charge in [0.2, 0.25) is 17.6 Å². The van der Waals surface area contributed by atoms with E-state index in [2.05, 4.69) is 49.5 Å². The van der Waals surface area contributed by atoms with Crippen LogP contribution >= 0.6 is 0 Å². The number of aryl methyl sites for hydroxylation is 1. The zero-order valence-electron chi connectivity index (χ0n) is 27.6. The van der Waals surface area contributed by atoms with Crippen molar-refractivity contribution in [2.75, 3.05) is 49.9 Å². The van der Waals surface area contributed by atoms with Gasteiger partial charge in [-0.3, -0.25) is 14.4 Å². The van der Waals surface area contributed by atoms with E-state index in [1.807, 2.05) is 4.90 Å². The Morgan fingerprint density at radius 1 is 1.06 bits per heavy atom. The fourth-order valence-corrected chi connectivity index (χ4v) is 5.53. The Kier molecular flexibility index (Phi) is 10.5. The van der Waals surface area contributed by atoms with Gasteiger partial charge in [-0.2, -0.15) is 0 Å². The lowest BCUT2D eigenvalue weighted by atomic mass is 10.1. The highest BCUT2D eigenvalue weighted by atomic mass is 16.5. The van der Waals surface area contributed by atoms with E-state index in [4.69, 9.17) is 9.47 Å². The van der Waals surface area contributed by atoms with Crippen molar-refractivity contribution in [2.45, 2.75) is 45.6 Å². The van der Waals surface area contributed by atoms with Crippen molar-refractivity contribution in [3.63, 3.8) is 0 Å². The first kappa shape index (κ1) is 33.8. The van der Waals surface area contributed by atoms with Crippen molar-refractivity contribution in [1.29, 1.82) is 0 Å². The highest BCUT2D eigenvalue weighted by Crippen LogP contribution is 2.36. The van der Waals surface area contributed by atoms with Crippen LogP contribution < -0.4 is 25.4 Å². The lowest BCUT2D eigenvalue weighted by molar-refractivity contribution is -0.116. The molecule has 254 valence electrons. The van der Waals surface area contributed by atoms with Gasteiger partial charge < -0.3 is 44.6 Å². The number of amides is 3. The Morgan fingerprint density at radius 3 is 2.60 bits per heavy atom. The molecule has 2 aromatic carbocycles. The van der Waals surface area contributed by atoms with E-state index in [9.17, 15) is 19.2 Å². The Bertz CT molecular complexity index is 1830. The van der Waals surface area contributed by atoms with Gasteiger partial charge in [-0.1, -0.05) is 13.8 Å². The summed E-state index contributed by atoms with van der Waals surface area (Å²) in [6.07, 6.45) is 3.79. The molecule has 3 amide bonds. The molecule has 0 spiro atoms. The molecule has 1 atom stereocenters. The molecule has 0 aliphatic carbocycles. The number of ether oxygens (including phenoxy) is 3. The first-order valence-corrected chi connectivity index (χ1v) is 15.8. The maximum Gasteiger partial charge on any atom is 0.374 e. The number of aromatic nitrogens is 4. The number of H-pyrrole nitrogens is 1. The summed E-state index contributed by atoms with van der Waals surface area (Å²) in [5.41, 5.74) is 2.77. The van der Waals surface area contributed by atoms with Crippen LogP contribution in [-0.2, 0) is 16.6 Å². The number of benzene rings is 2. The predicted octanol–water partition coefficient (Wildman–Crippen LogP) is 4.20. The minimum Gasteiger partial charge on any atom is -0.493 e. The van der Waals surface area contributed by atoms with Crippen LogP contribution in [0.25, 0.3) is 11.0 Å². The average molecular weight is 661 g/mol. The SMILES string of the molecule is CCCN1C(=O)c2cc(OC)c(OCCCC(=O)Nc3cn(C)c(C(=O)Nc4ccc5nc(C(=O)OC)[nH]c5c4)n3)cc2NCC1CC. The number of rotatable bonds is 13. The van der Waals surface area contributed by atoms with Crippen LogP contribution in [0.15, 0.2) is 36.5 Å². The zero-order chi connectivity index (χ0) is 34.4. The molecule has 0 bridgehead atoms. The van der Waals surface area contributed by atoms with E-state index in [-0.39, 0.29) is 48.4 Å². The number of nitrogens with one attached hydrogen (secondary N) is 4. The van der Waals surface area contributed by atoms with E-state index >= 15 is 0 Å². The van der Waals surface area contributed by atoms with Gasteiger partial charge in [-0.25, -0.2) is 14.8 Å². The molecule has 4 N–H and O–H groups in total. The van der Waals surface area contributed by atoms with Crippen molar-refractivity contribution >= 4 is 51.9 Å². The lowest BCUT2D eigenvalue weighted by Crippen LogP contribution is -2.42. The van der Waals surface area contributed by atoms with Crippen molar-refractivity contribution in [1.82, 2.24) is 24.4 Å². The summed E-state index contributed by atoms with van der Waals surface area (Å²) in [5.74, 6) is -0.141. The molecule has 1 aliphatic rings. The van der Waals surface area contributed by atoms with Crippen LogP contribution in [0.2, 0.25) is 0 Å². The summed E-state index contributed by atoms with van der Waals surface area (Å²) in [5, 5.41) is 8.88. The van der Waals surface area contributed by atoms with Crippen LogP contribution in [-0.4, -0.2) is 88.1 Å². The molecular weight excluding hydrogens is 620 g/mol. The lowest BCUT2D eigenvalue weighted by Gasteiger charge is -2.28. The average Bonchev–Trinajstić information content (AvgIpc) is 3.64. The van der Waals surface area contributed by atoms with Gasteiger partial charge in [0.15, 0.2) is 17.3 Å². The van der Waals surface area contributed by atoms with Crippen LogP contribution in [0.1, 0.15) is 71.1 Å². The van der Waals surface area contributed by atoms with Gasteiger partial charge in [0.05, 0.1) is 43.1 Å². The monoisotopic (exact) mass is 660 g/mol. The van der Waals surface area contributed by atoms with E-state index in [1.165, 1.54) is 18.8 Å². The number of hydrogen-bond donors (Lipinski definition) is 4. The maximum absolute atomic E-state index is 13.4. The number of carbonyl (C=O) groups is 4. The van der Waals surface area contributed by atoms with Gasteiger partial charge >= 0.3 is 5.97 Å². The Balaban J connectivity index is 1.15. The molecule has 15 nitrogen and oxygen atoms in total. The minimum atomic E-state index is -0.600. The second kappa shape index (κ2) is 14.9. The first-order valence-electron chi connectivity index (χ1n) is 15.8. The summed E-state index contributed by atoms with van der Waals surface area (Å²) in [4.78, 5) is 64.0. The normalized spacial score (nSPS) is 14.1. The second-order valence-corrected chi connectivity index (χ2v) is 11.3. The molecule has 2 aromatic heterocycles. The van der Waals surface area contributed by atoms with Crippen molar-refractivity contribution in [2.24, 2.45) is 7.05 Å². The van der Waals surface area contributed by atoms with Crippen LogP contribution in [0.3, 0.4) is 0 Å². The number of carbonyl (C=O) groups excluding carboxylic acids is 4. The van der Waals surface area contributed by atoms with E-state index in [1.54, 1.807) is 43.6 Å². The summed E-state index contributed by atoms with van der Waals surface area (Å²) >= 11 is 0. The standard InChI is InChI=1S/C33H40N8O7/c1-6-12-41-20(7-2)17-34-23-16-26(25(46-4)15-21(23)32(41)44)48-13-8-9-28(42)38-27-18-40(3)30(39-27)31(43)35-19-10-11-22-24(14-19)37-29(36-22)33(45)47-5/h10-11,14-16,18,20,34H,6-9,12-13,17H2,1-5H3,(H,35,43)(H,36,37)(H,38,42). The number of imidazole rings is 2. The molecule has 0 fully saturated rings. The van der Waals surface area contributed by atoms with Gasteiger partial charge in [0.25, 0.3) is 11.8 Å². The quantitative estimate of drug-likeness (QED) is 0.120. The molecule has 0 saturated heterocycles. The number of fused-ring (bicyclic) bond motifs is 2. The second-order valence-electron chi connectivity index (χ2n) is 11.3. The summed E-state index contributed by atoms with van der Waals surface area (Å²) in [7, 11) is 4.43. The van der Waals surface area contributed by atoms with E-state index in [0.29, 0.717) is 59.0 Å². The van der Waals surface area contributed by atoms with Crippen molar-refractivity contribution in [3.8, 4) is 11.5 Å². The molecule has 0 saturated carbocycles. The number of methoxy groups -OCH3 is 2. The molecule has 15 heteroatoms. The largest absolute Gasteiger partial charge is 0.493 e. The topological polar surface area (TPSA) is 182 Å². The third-order valence-corrected chi connectivity index (χ3v) is 7.97. The molecule has 5 rings (SSSR count). The maximum atomic E-state index is 13.4. The Morgan fingerprint density at radius 2 is 1.88 bits per heavy atom. The number of aromatic amines is 1. The van der Waals surface area contributed by atoms with Crippen LogP contribution in [0.4, 0.5) is 17.2 Å². The van der Waals surface area contributed by atoms with Gasteiger partial charge in [0.1, 0.15) is 0 Å². The van der Waals surface area contributed by atoms with Gasteiger partial charge in [-0.15, -0.1) is 0 Å². The van der Waals surface area contributed by atoms with Crippen molar-refractivity contribution < 1.29 is 33.4 Å². The first-order chi connectivity index (χ1) is 23.1. The van der Waals surface area contributed by atoms with E-state index in [0.717, 1.165) is 12.8 Å². The third kappa shape index (κ3) is 7.35. The Hall–Kier alpha value is -5.60. The molecule has 3 heterocycles. The number of esters is 1. The number of nitrogens with zero attached hydrogens (tertiary/aromatic N) is 4. The number of anilines is 3. The predicted molar refractivity (Wildman–Crippen MR) is 179 cm³/mol. The van der Waals surface area contributed by atoms with Gasteiger partial charge in [0, 0.05) is 50.6 Å². The number of hydrogen-bond acceptors (Lipinski definition) is 10. The zero-order valence-corrected chi connectivity index (χ0v) is 27.6. The van der Waals surface area contributed by atoms with Gasteiger partial charge in [-0.05, 0) is 43.5 Å².